The van der Waals surface area contributed by atoms with Crippen LogP contribution in [0.4, 0.5) is 4.79 Å². The van der Waals surface area contributed by atoms with Crippen LogP contribution in [0.25, 0.3) is 0 Å². The summed E-state index contributed by atoms with van der Waals surface area (Å²) in [7, 11) is 0. The van der Waals surface area contributed by atoms with Gasteiger partial charge in [-0.15, -0.1) is 0 Å². The Kier molecular flexibility index (Phi) is 3.31. The maximum Gasteiger partial charge on any atom is 0.408 e. The van der Waals surface area contributed by atoms with Crippen molar-refractivity contribution < 1.29 is 14.3 Å². The van der Waals surface area contributed by atoms with Crippen molar-refractivity contribution in [2.24, 2.45) is 11.8 Å². The lowest BCUT2D eigenvalue weighted by Gasteiger charge is -2.28. The Labute approximate surface area is 96.7 Å². The molecule has 1 N–H and O–H groups in total. The normalized spacial score (nSPS) is 24.8. The number of carbonyl (C=O) groups is 2. The first kappa shape index (κ1) is 13.0. The van der Waals surface area contributed by atoms with Crippen molar-refractivity contribution in [1.29, 1.82) is 0 Å². The van der Waals surface area contributed by atoms with Crippen LogP contribution in [0.1, 0.15) is 41.0 Å². The molecule has 0 aromatic carbocycles. The standard InChI is InChI=1S/C12H21NO3/c1-11(2,3)16-10(15)13-12(4,5)9-6-8(9)7-14/h7-9H,6H2,1-5H3,(H,13,15)/t8-,9-/m1/s1. The highest BCUT2D eigenvalue weighted by Gasteiger charge is 2.48. The van der Waals surface area contributed by atoms with Gasteiger partial charge in [0, 0.05) is 11.5 Å². The first-order valence-corrected chi connectivity index (χ1v) is 5.62. The quantitative estimate of drug-likeness (QED) is 0.751. The third-order valence-electron chi connectivity index (χ3n) is 2.76. The average Bonchev–Trinajstić information content (AvgIpc) is 2.76. The van der Waals surface area contributed by atoms with Gasteiger partial charge in [-0.25, -0.2) is 4.79 Å². The fourth-order valence-corrected chi connectivity index (χ4v) is 1.85. The van der Waals surface area contributed by atoms with Gasteiger partial charge in [-0.1, -0.05) is 0 Å². The van der Waals surface area contributed by atoms with E-state index in [1.807, 2.05) is 34.6 Å². The minimum Gasteiger partial charge on any atom is -0.444 e. The van der Waals surface area contributed by atoms with Crippen LogP contribution in [0.15, 0.2) is 0 Å². The maximum atomic E-state index is 11.6. The minimum absolute atomic E-state index is 0.0879. The monoisotopic (exact) mass is 227 g/mol. The predicted octanol–water partition coefficient (Wildman–Crippen LogP) is 2.12. The zero-order chi connectivity index (χ0) is 12.6. The van der Waals surface area contributed by atoms with E-state index in [9.17, 15) is 9.59 Å². The Bertz CT molecular complexity index is 291. The number of amides is 1. The third-order valence-corrected chi connectivity index (χ3v) is 2.76. The van der Waals surface area contributed by atoms with Crippen LogP contribution in [-0.4, -0.2) is 23.5 Å². The van der Waals surface area contributed by atoms with Crippen LogP contribution >= 0.6 is 0 Å². The van der Waals surface area contributed by atoms with Gasteiger partial charge in [0.1, 0.15) is 11.9 Å². The molecular weight excluding hydrogens is 206 g/mol. The van der Waals surface area contributed by atoms with Crippen molar-refractivity contribution in [3.05, 3.63) is 0 Å². The van der Waals surface area contributed by atoms with Crippen molar-refractivity contribution in [3.8, 4) is 0 Å². The van der Waals surface area contributed by atoms with Gasteiger partial charge in [0.05, 0.1) is 0 Å². The molecule has 16 heavy (non-hydrogen) atoms. The molecule has 1 aliphatic rings. The Morgan fingerprint density at radius 2 is 1.88 bits per heavy atom. The summed E-state index contributed by atoms with van der Waals surface area (Å²) in [6.45, 7) is 9.32. The van der Waals surface area contributed by atoms with Crippen LogP contribution in [0.3, 0.4) is 0 Å². The molecule has 1 aliphatic carbocycles. The summed E-state index contributed by atoms with van der Waals surface area (Å²) in [6.07, 6.45) is 1.39. The molecule has 0 aromatic rings. The number of rotatable bonds is 3. The highest BCUT2D eigenvalue weighted by molar-refractivity contribution is 5.69. The van der Waals surface area contributed by atoms with Crippen molar-refractivity contribution >= 4 is 12.4 Å². The Balaban J connectivity index is 2.47. The Morgan fingerprint density at radius 1 is 1.31 bits per heavy atom. The van der Waals surface area contributed by atoms with E-state index in [1.165, 1.54) is 0 Å². The topological polar surface area (TPSA) is 55.4 Å². The van der Waals surface area contributed by atoms with Crippen molar-refractivity contribution in [3.63, 3.8) is 0 Å². The summed E-state index contributed by atoms with van der Waals surface area (Å²) in [5, 5.41) is 2.82. The van der Waals surface area contributed by atoms with Crippen molar-refractivity contribution in [1.82, 2.24) is 5.32 Å². The Hall–Kier alpha value is -1.06. The molecule has 0 spiro atoms. The maximum absolute atomic E-state index is 11.6. The fourth-order valence-electron chi connectivity index (χ4n) is 1.85. The van der Waals surface area contributed by atoms with E-state index < -0.39 is 11.7 Å². The van der Waals surface area contributed by atoms with Crippen LogP contribution < -0.4 is 5.32 Å². The van der Waals surface area contributed by atoms with Gasteiger partial charge in [0.25, 0.3) is 0 Å². The number of ether oxygens (including phenoxy) is 1. The summed E-state index contributed by atoms with van der Waals surface area (Å²) in [4.78, 5) is 22.2. The van der Waals surface area contributed by atoms with Gasteiger partial charge in [-0.05, 0) is 47.0 Å². The molecule has 0 bridgehead atoms. The smallest absolute Gasteiger partial charge is 0.408 e. The van der Waals surface area contributed by atoms with Crippen LogP contribution in [-0.2, 0) is 9.53 Å². The molecule has 0 aliphatic heterocycles. The third kappa shape index (κ3) is 3.51. The highest BCUT2D eigenvalue weighted by atomic mass is 16.6. The first-order chi connectivity index (χ1) is 7.15. The van der Waals surface area contributed by atoms with Gasteiger partial charge in [0.15, 0.2) is 0 Å². The van der Waals surface area contributed by atoms with Gasteiger partial charge >= 0.3 is 6.09 Å². The summed E-state index contributed by atoms with van der Waals surface area (Å²) in [5.41, 5.74) is -0.873. The molecule has 0 aromatic heterocycles. The first-order valence-electron chi connectivity index (χ1n) is 5.62. The molecule has 0 radical (unpaired) electrons. The summed E-state index contributed by atoms with van der Waals surface area (Å²) < 4.78 is 5.18. The summed E-state index contributed by atoms with van der Waals surface area (Å²) in [6, 6.07) is 0. The SMILES string of the molecule is CC(C)(C)OC(=O)NC(C)(C)[C@@H]1C[C@@H]1C=O. The van der Waals surface area contributed by atoms with E-state index in [4.69, 9.17) is 4.74 Å². The minimum atomic E-state index is -0.492. The van der Waals surface area contributed by atoms with Crippen molar-refractivity contribution in [2.75, 3.05) is 0 Å². The van der Waals surface area contributed by atoms with E-state index >= 15 is 0 Å². The largest absolute Gasteiger partial charge is 0.444 e. The molecule has 0 unspecified atom stereocenters. The molecule has 1 amide bonds. The van der Waals surface area contributed by atoms with E-state index in [1.54, 1.807) is 0 Å². The molecule has 4 heteroatoms. The van der Waals surface area contributed by atoms with Gasteiger partial charge < -0.3 is 14.8 Å². The molecule has 4 nitrogen and oxygen atoms in total. The lowest BCUT2D eigenvalue weighted by molar-refractivity contribution is -0.109. The highest BCUT2D eigenvalue weighted by Crippen LogP contribution is 2.44. The zero-order valence-electron chi connectivity index (χ0n) is 10.7. The van der Waals surface area contributed by atoms with Gasteiger partial charge in [-0.3, -0.25) is 0 Å². The van der Waals surface area contributed by atoms with E-state index in [-0.39, 0.29) is 17.4 Å². The second-order valence-electron chi connectivity index (χ2n) is 5.99. The van der Waals surface area contributed by atoms with Gasteiger partial charge in [-0.2, -0.15) is 0 Å². The van der Waals surface area contributed by atoms with Crippen molar-refractivity contribution in [2.45, 2.75) is 52.2 Å². The Morgan fingerprint density at radius 3 is 2.25 bits per heavy atom. The molecule has 0 saturated heterocycles. The van der Waals surface area contributed by atoms with Crippen LogP contribution in [0.2, 0.25) is 0 Å². The molecule has 1 saturated carbocycles. The summed E-state index contributed by atoms with van der Waals surface area (Å²) >= 11 is 0. The molecule has 1 fully saturated rings. The lowest BCUT2D eigenvalue weighted by atomic mass is 9.97. The van der Waals surface area contributed by atoms with Crippen LogP contribution in [0.5, 0.6) is 0 Å². The number of alkyl carbamates (subject to hydrolysis) is 1. The molecule has 1 rings (SSSR count). The van der Waals surface area contributed by atoms with E-state index in [2.05, 4.69) is 5.32 Å². The number of aldehydes is 1. The molecular formula is C12H21NO3. The fraction of sp³-hybridized carbons (Fsp3) is 0.833. The zero-order valence-corrected chi connectivity index (χ0v) is 10.7. The van der Waals surface area contributed by atoms with Gasteiger partial charge in [0.2, 0.25) is 0 Å². The second kappa shape index (κ2) is 4.07. The number of nitrogens with one attached hydrogen (secondary N) is 1. The number of carbonyl (C=O) groups excluding carboxylic acids is 2. The number of hydrogen-bond acceptors (Lipinski definition) is 3. The summed E-state index contributed by atoms with van der Waals surface area (Å²) in [5.74, 6) is 0.322. The van der Waals surface area contributed by atoms with E-state index in [0.717, 1.165) is 12.7 Å². The predicted molar refractivity (Wildman–Crippen MR) is 61.1 cm³/mol. The second-order valence-corrected chi connectivity index (χ2v) is 5.99. The molecule has 2 atom stereocenters. The lowest BCUT2D eigenvalue weighted by Crippen LogP contribution is -2.47. The molecule has 92 valence electrons. The average molecular weight is 227 g/mol. The van der Waals surface area contributed by atoms with E-state index in [0.29, 0.717) is 0 Å². The number of hydrogen-bond donors (Lipinski definition) is 1. The van der Waals surface area contributed by atoms with Crippen LogP contribution in [0, 0.1) is 11.8 Å². The molecule has 0 heterocycles.